The van der Waals surface area contributed by atoms with E-state index in [1.54, 1.807) is 27.7 Å². The number of aryl methyl sites for hydroxylation is 2. The summed E-state index contributed by atoms with van der Waals surface area (Å²) in [6.07, 6.45) is -3.82. The standard InChI is InChI=1S/C17H19F3N4O3/c1-9-10(2)23-14(25)13(22-9)15(26)24-16(3,4)8-27-12-6-5-11(7-21-12)17(18,19)20/h5-7H,8H2,1-4H3,(H,23,25)(H,24,26). The van der Waals surface area contributed by atoms with Crippen molar-refractivity contribution >= 4 is 5.91 Å². The summed E-state index contributed by atoms with van der Waals surface area (Å²) in [5, 5.41) is 2.61. The zero-order chi connectivity index (χ0) is 20.4. The number of carbonyl (C=O) groups excluding carboxylic acids is 1. The second-order valence-corrected chi connectivity index (χ2v) is 6.63. The Kier molecular flexibility index (Phi) is 5.57. The molecule has 2 aromatic rings. The zero-order valence-corrected chi connectivity index (χ0v) is 15.2. The van der Waals surface area contributed by atoms with Crippen LogP contribution in [0.3, 0.4) is 0 Å². The number of ether oxygens (including phenoxy) is 1. The Labute approximate surface area is 153 Å². The molecule has 27 heavy (non-hydrogen) atoms. The van der Waals surface area contributed by atoms with Gasteiger partial charge >= 0.3 is 6.18 Å². The number of aromatic nitrogens is 3. The summed E-state index contributed by atoms with van der Waals surface area (Å²) in [7, 11) is 0. The van der Waals surface area contributed by atoms with E-state index in [1.807, 2.05) is 0 Å². The smallest absolute Gasteiger partial charge is 0.417 e. The molecule has 146 valence electrons. The van der Waals surface area contributed by atoms with Crippen LogP contribution in [-0.4, -0.2) is 33.0 Å². The first-order valence-electron chi connectivity index (χ1n) is 7.95. The summed E-state index contributed by atoms with van der Waals surface area (Å²) in [5.41, 5.74) is -1.64. The molecule has 0 spiro atoms. The molecule has 0 atom stereocenters. The van der Waals surface area contributed by atoms with Crippen LogP contribution >= 0.6 is 0 Å². The number of amides is 1. The number of carbonyl (C=O) groups is 1. The number of pyridine rings is 1. The Morgan fingerprint density at radius 3 is 2.48 bits per heavy atom. The van der Waals surface area contributed by atoms with E-state index >= 15 is 0 Å². The molecule has 2 rings (SSSR count). The van der Waals surface area contributed by atoms with Gasteiger partial charge in [-0.25, -0.2) is 9.97 Å². The van der Waals surface area contributed by atoms with Crippen molar-refractivity contribution in [2.24, 2.45) is 0 Å². The van der Waals surface area contributed by atoms with E-state index in [-0.39, 0.29) is 18.2 Å². The van der Waals surface area contributed by atoms with Gasteiger partial charge in [-0.15, -0.1) is 0 Å². The largest absolute Gasteiger partial charge is 0.475 e. The van der Waals surface area contributed by atoms with Crippen LogP contribution < -0.4 is 15.6 Å². The normalized spacial score (nSPS) is 12.0. The van der Waals surface area contributed by atoms with Crippen LogP contribution in [0.5, 0.6) is 5.88 Å². The SMILES string of the molecule is Cc1nc(C(=O)NC(C)(C)COc2ccc(C(F)(F)F)cn2)c(=O)[nH]c1C. The minimum absolute atomic E-state index is 0.0209. The minimum atomic E-state index is -4.48. The molecule has 10 heteroatoms. The molecule has 2 heterocycles. The van der Waals surface area contributed by atoms with Gasteiger partial charge in [-0.05, 0) is 33.8 Å². The van der Waals surface area contributed by atoms with Crippen LogP contribution in [0.2, 0.25) is 0 Å². The van der Waals surface area contributed by atoms with Gasteiger partial charge in [0.25, 0.3) is 11.5 Å². The fourth-order valence-electron chi connectivity index (χ4n) is 2.07. The summed E-state index contributed by atoms with van der Waals surface area (Å²) in [5.74, 6) is -0.708. The number of halogens is 3. The molecule has 2 aromatic heterocycles. The molecule has 0 aromatic carbocycles. The molecule has 0 unspecified atom stereocenters. The van der Waals surface area contributed by atoms with Crippen LogP contribution in [0.15, 0.2) is 23.1 Å². The molecule has 0 aliphatic carbocycles. The number of hydrogen-bond acceptors (Lipinski definition) is 5. The lowest BCUT2D eigenvalue weighted by molar-refractivity contribution is -0.137. The van der Waals surface area contributed by atoms with Crippen LogP contribution in [0.4, 0.5) is 13.2 Å². The number of nitrogens with zero attached hydrogens (tertiary/aromatic N) is 2. The quantitative estimate of drug-likeness (QED) is 0.825. The third-order valence-corrected chi connectivity index (χ3v) is 3.65. The molecule has 0 saturated heterocycles. The Balaban J connectivity index is 2.03. The van der Waals surface area contributed by atoms with Crippen molar-refractivity contribution < 1.29 is 22.7 Å². The van der Waals surface area contributed by atoms with E-state index in [0.29, 0.717) is 17.6 Å². The average Bonchev–Trinajstić information content (AvgIpc) is 2.55. The van der Waals surface area contributed by atoms with Crippen LogP contribution in [0, 0.1) is 13.8 Å². The maximum atomic E-state index is 12.5. The molecule has 0 fully saturated rings. The predicted molar refractivity (Wildman–Crippen MR) is 90.6 cm³/mol. The van der Waals surface area contributed by atoms with E-state index < -0.39 is 28.7 Å². The van der Waals surface area contributed by atoms with E-state index in [0.717, 1.165) is 12.1 Å². The molecule has 1 amide bonds. The molecule has 2 N–H and O–H groups in total. The van der Waals surface area contributed by atoms with Crippen molar-refractivity contribution in [3.63, 3.8) is 0 Å². The van der Waals surface area contributed by atoms with Gasteiger partial charge in [-0.1, -0.05) is 0 Å². The third kappa shape index (κ3) is 5.28. The molecule has 0 aliphatic rings. The fraction of sp³-hybridized carbons (Fsp3) is 0.412. The maximum absolute atomic E-state index is 12.5. The van der Waals surface area contributed by atoms with Gasteiger partial charge in [0.1, 0.15) is 6.61 Å². The average molecular weight is 384 g/mol. The van der Waals surface area contributed by atoms with E-state index in [1.165, 1.54) is 0 Å². The lowest BCUT2D eigenvalue weighted by atomic mass is 10.1. The molecule has 0 radical (unpaired) electrons. The number of rotatable bonds is 5. The highest BCUT2D eigenvalue weighted by molar-refractivity contribution is 5.92. The fourth-order valence-corrected chi connectivity index (χ4v) is 2.07. The summed E-state index contributed by atoms with van der Waals surface area (Å²) < 4.78 is 42.9. The molecular formula is C17H19F3N4O3. The number of nitrogens with one attached hydrogen (secondary N) is 2. The van der Waals surface area contributed by atoms with Gasteiger partial charge in [-0.3, -0.25) is 9.59 Å². The Hall–Kier alpha value is -2.91. The Bertz CT molecular complexity index is 890. The second-order valence-electron chi connectivity index (χ2n) is 6.63. The molecular weight excluding hydrogens is 365 g/mol. The number of alkyl halides is 3. The summed E-state index contributed by atoms with van der Waals surface area (Å²) in [6, 6.07) is 1.95. The van der Waals surface area contributed by atoms with Crippen molar-refractivity contribution in [3.05, 3.63) is 51.3 Å². The number of aromatic amines is 1. The second kappa shape index (κ2) is 7.37. The van der Waals surface area contributed by atoms with Gasteiger partial charge in [0.15, 0.2) is 5.69 Å². The topological polar surface area (TPSA) is 97.0 Å². The highest BCUT2D eigenvalue weighted by Gasteiger charge is 2.31. The molecule has 0 aliphatic heterocycles. The van der Waals surface area contributed by atoms with Crippen LogP contribution in [0.1, 0.15) is 41.3 Å². The highest BCUT2D eigenvalue weighted by atomic mass is 19.4. The number of H-pyrrole nitrogens is 1. The maximum Gasteiger partial charge on any atom is 0.417 e. The van der Waals surface area contributed by atoms with Gasteiger partial charge < -0.3 is 15.0 Å². The van der Waals surface area contributed by atoms with E-state index in [2.05, 4.69) is 20.3 Å². The zero-order valence-electron chi connectivity index (χ0n) is 15.2. The molecule has 0 bridgehead atoms. The minimum Gasteiger partial charge on any atom is -0.475 e. The van der Waals surface area contributed by atoms with Crippen molar-refractivity contribution in [1.82, 2.24) is 20.3 Å². The predicted octanol–water partition coefficient (Wildman–Crippen LogP) is 2.39. The first kappa shape index (κ1) is 20.4. The van der Waals surface area contributed by atoms with Gasteiger partial charge in [0.05, 0.1) is 16.8 Å². The van der Waals surface area contributed by atoms with Crippen LogP contribution in [-0.2, 0) is 6.18 Å². The Morgan fingerprint density at radius 2 is 1.93 bits per heavy atom. The van der Waals surface area contributed by atoms with E-state index in [9.17, 15) is 22.8 Å². The third-order valence-electron chi connectivity index (χ3n) is 3.65. The first-order chi connectivity index (χ1) is 12.4. The summed E-state index contributed by atoms with van der Waals surface area (Å²) >= 11 is 0. The van der Waals surface area contributed by atoms with Crippen LogP contribution in [0.25, 0.3) is 0 Å². The van der Waals surface area contributed by atoms with Crippen molar-refractivity contribution in [3.8, 4) is 5.88 Å². The van der Waals surface area contributed by atoms with Crippen molar-refractivity contribution in [2.75, 3.05) is 6.61 Å². The van der Waals surface area contributed by atoms with Gasteiger partial charge in [0.2, 0.25) is 5.88 Å². The number of hydrogen-bond donors (Lipinski definition) is 2. The van der Waals surface area contributed by atoms with Gasteiger partial charge in [-0.2, -0.15) is 13.2 Å². The first-order valence-corrected chi connectivity index (χ1v) is 7.95. The highest BCUT2D eigenvalue weighted by Crippen LogP contribution is 2.29. The van der Waals surface area contributed by atoms with Gasteiger partial charge in [0, 0.05) is 18.0 Å². The monoisotopic (exact) mass is 384 g/mol. The molecule has 0 saturated carbocycles. The van der Waals surface area contributed by atoms with E-state index in [4.69, 9.17) is 4.74 Å². The molecule has 7 nitrogen and oxygen atoms in total. The van der Waals surface area contributed by atoms with Crippen molar-refractivity contribution in [2.45, 2.75) is 39.4 Å². The summed E-state index contributed by atoms with van der Waals surface area (Å²) in [4.78, 5) is 34.3. The van der Waals surface area contributed by atoms with Crippen molar-refractivity contribution in [1.29, 1.82) is 0 Å². The Morgan fingerprint density at radius 1 is 1.26 bits per heavy atom. The lowest BCUT2D eigenvalue weighted by Crippen LogP contribution is -2.49. The lowest BCUT2D eigenvalue weighted by Gasteiger charge is -2.25. The summed E-state index contributed by atoms with van der Waals surface area (Å²) in [6.45, 7) is 6.50.